The monoisotopic (exact) mass is 470 g/mol. The number of rotatable bonds is 7. The first-order chi connectivity index (χ1) is 16.0. The van der Waals surface area contributed by atoms with E-state index in [4.69, 9.17) is 21.1 Å². The van der Waals surface area contributed by atoms with Crippen molar-refractivity contribution in [2.45, 2.75) is 57.7 Å². The molecule has 1 saturated carbocycles. The van der Waals surface area contributed by atoms with Crippen LogP contribution in [0.3, 0.4) is 0 Å². The van der Waals surface area contributed by atoms with Gasteiger partial charge in [-0.25, -0.2) is 0 Å². The lowest BCUT2D eigenvalue weighted by Gasteiger charge is -2.44. The van der Waals surface area contributed by atoms with Crippen molar-refractivity contribution in [3.8, 4) is 11.5 Å². The molecule has 1 heterocycles. The van der Waals surface area contributed by atoms with Crippen molar-refractivity contribution in [1.29, 1.82) is 0 Å². The van der Waals surface area contributed by atoms with E-state index >= 15 is 0 Å². The Labute approximate surface area is 200 Å². The van der Waals surface area contributed by atoms with Gasteiger partial charge >= 0.3 is 0 Å². The van der Waals surface area contributed by atoms with E-state index in [-0.39, 0.29) is 30.9 Å². The summed E-state index contributed by atoms with van der Waals surface area (Å²) < 4.78 is 11.2. The van der Waals surface area contributed by atoms with Gasteiger partial charge in [-0.15, -0.1) is 0 Å². The molecule has 0 aromatic heterocycles. The van der Waals surface area contributed by atoms with E-state index in [0.29, 0.717) is 28.7 Å². The van der Waals surface area contributed by atoms with Crippen molar-refractivity contribution in [2.75, 3.05) is 20.3 Å². The molecular formula is C26H31ClN2O4. The summed E-state index contributed by atoms with van der Waals surface area (Å²) in [5.74, 6) is 1.04. The molecule has 7 heteroatoms. The molecule has 2 aromatic rings. The van der Waals surface area contributed by atoms with Crippen LogP contribution in [0.1, 0.15) is 56.2 Å². The lowest BCUT2D eigenvalue weighted by molar-refractivity contribution is -0.160. The highest BCUT2D eigenvalue weighted by atomic mass is 35.5. The maximum atomic E-state index is 13.9. The van der Waals surface area contributed by atoms with Crippen LogP contribution in [0.4, 0.5) is 0 Å². The van der Waals surface area contributed by atoms with Crippen LogP contribution in [0, 0.1) is 0 Å². The third-order valence-corrected chi connectivity index (χ3v) is 6.94. The van der Waals surface area contributed by atoms with Gasteiger partial charge in [-0.1, -0.05) is 55.1 Å². The standard InChI is InChI=1S/C26H31ClN2O4/c1-3-33-22-14-13-18(15-23(22)32-2)25-26(31)28(20-10-5-4-6-11-20)17-24(30)29(25)16-19-9-7-8-12-21(19)27/h7-9,12-15,20,25H,3-6,10-11,16-17H2,1-2H3. The molecule has 2 fully saturated rings. The first kappa shape index (κ1) is 23.4. The molecule has 2 amide bonds. The van der Waals surface area contributed by atoms with Gasteiger partial charge in [0.2, 0.25) is 5.91 Å². The van der Waals surface area contributed by atoms with E-state index < -0.39 is 6.04 Å². The van der Waals surface area contributed by atoms with Gasteiger partial charge in [-0.3, -0.25) is 9.59 Å². The minimum absolute atomic E-state index is 0.0419. The van der Waals surface area contributed by atoms with Crippen LogP contribution < -0.4 is 9.47 Å². The summed E-state index contributed by atoms with van der Waals surface area (Å²) in [5.41, 5.74) is 1.52. The fraction of sp³-hybridized carbons (Fsp3) is 0.462. The Morgan fingerprint density at radius 2 is 1.79 bits per heavy atom. The number of ether oxygens (including phenoxy) is 2. The van der Waals surface area contributed by atoms with E-state index in [1.54, 1.807) is 23.0 Å². The SMILES string of the molecule is CCOc1ccc(C2C(=O)N(C3CCCCC3)CC(=O)N2Cc2ccccc2Cl)cc1OC. The number of methoxy groups -OCH3 is 1. The molecule has 1 aliphatic carbocycles. The Kier molecular flexibility index (Phi) is 7.43. The van der Waals surface area contributed by atoms with E-state index in [9.17, 15) is 9.59 Å². The topological polar surface area (TPSA) is 59.1 Å². The van der Waals surface area contributed by atoms with Crippen molar-refractivity contribution in [2.24, 2.45) is 0 Å². The number of hydrogen-bond acceptors (Lipinski definition) is 4. The van der Waals surface area contributed by atoms with Crippen LogP contribution in [0.5, 0.6) is 11.5 Å². The molecule has 0 N–H and O–H groups in total. The summed E-state index contributed by atoms with van der Waals surface area (Å²) in [4.78, 5) is 30.8. The van der Waals surface area contributed by atoms with Crippen LogP contribution in [-0.4, -0.2) is 47.9 Å². The number of benzene rings is 2. The van der Waals surface area contributed by atoms with E-state index in [2.05, 4.69) is 0 Å². The second-order valence-corrected chi connectivity index (χ2v) is 9.02. The zero-order valence-electron chi connectivity index (χ0n) is 19.3. The molecule has 1 aliphatic heterocycles. The molecule has 33 heavy (non-hydrogen) atoms. The Bertz CT molecular complexity index is 1010. The average molecular weight is 471 g/mol. The lowest BCUT2D eigenvalue weighted by atomic mass is 9.91. The molecule has 4 rings (SSSR count). The normalized spacial score (nSPS) is 19.7. The predicted molar refractivity (Wildman–Crippen MR) is 127 cm³/mol. The van der Waals surface area contributed by atoms with Crippen molar-refractivity contribution in [1.82, 2.24) is 9.80 Å². The number of carbonyl (C=O) groups is 2. The fourth-order valence-corrected chi connectivity index (χ4v) is 5.09. The van der Waals surface area contributed by atoms with E-state index in [1.807, 2.05) is 43.3 Å². The first-order valence-electron chi connectivity index (χ1n) is 11.7. The zero-order valence-corrected chi connectivity index (χ0v) is 20.0. The van der Waals surface area contributed by atoms with Gasteiger partial charge in [-0.05, 0) is 49.1 Å². The minimum atomic E-state index is -0.742. The number of carbonyl (C=O) groups excluding carboxylic acids is 2. The van der Waals surface area contributed by atoms with Gasteiger partial charge in [0.1, 0.15) is 12.6 Å². The van der Waals surface area contributed by atoms with Crippen LogP contribution in [0.25, 0.3) is 0 Å². The Morgan fingerprint density at radius 3 is 2.48 bits per heavy atom. The number of nitrogens with zero attached hydrogens (tertiary/aromatic N) is 2. The second kappa shape index (κ2) is 10.5. The van der Waals surface area contributed by atoms with Crippen molar-refractivity contribution in [3.05, 3.63) is 58.6 Å². The minimum Gasteiger partial charge on any atom is -0.493 e. The van der Waals surface area contributed by atoms with E-state index in [0.717, 1.165) is 31.2 Å². The molecule has 0 bridgehead atoms. The largest absolute Gasteiger partial charge is 0.493 e. The fourth-order valence-electron chi connectivity index (χ4n) is 4.89. The number of amides is 2. The van der Waals surface area contributed by atoms with E-state index in [1.165, 1.54) is 6.42 Å². The third kappa shape index (κ3) is 4.96. The van der Waals surface area contributed by atoms with Crippen molar-refractivity contribution in [3.63, 3.8) is 0 Å². The molecule has 0 radical (unpaired) electrons. The Balaban J connectivity index is 1.73. The summed E-state index contributed by atoms with van der Waals surface area (Å²) in [5, 5.41) is 0.579. The van der Waals surface area contributed by atoms with Crippen molar-refractivity contribution < 1.29 is 19.1 Å². The van der Waals surface area contributed by atoms with Gasteiger partial charge in [0, 0.05) is 17.6 Å². The molecule has 1 atom stereocenters. The molecule has 2 aliphatic rings. The molecule has 1 saturated heterocycles. The molecule has 6 nitrogen and oxygen atoms in total. The highest BCUT2D eigenvalue weighted by Crippen LogP contribution is 2.37. The van der Waals surface area contributed by atoms with Gasteiger partial charge in [-0.2, -0.15) is 0 Å². The maximum Gasteiger partial charge on any atom is 0.250 e. The maximum absolute atomic E-state index is 13.9. The smallest absolute Gasteiger partial charge is 0.250 e. The molecule has 176 valence electrons. The van der Waals surface area contributed by atoms with Crippen LogP contribution in [-0.2, 0) is 16.1 Å². The van der Waals surface area contributed by atoms with Gasteiger partial charge in [0.15, 0.2) is 11.5 Å². The molecule has 1 unspecified atom stereocenters. The number of piperazine rings is 1. The first-order valence-corrected chi connectivity index (χ1v) is 12.0. The number of halogens is 1. The Hall–Kier alpha value is -2.73. The molecule has 2 aromatic carbocycles. The van der Waals surface area contributed by atoms with Gasteiger partial charge in [0.25, 0.3) is 5.91 Å². The quantitative estimate of drug-likeness (QED) is 0.571. The van der Waals surface area contributed by atoms with Crippen LogP contribution in [0.15, 0.2) is 42.5 Å². The average Bonchev–Trinajstić information content (AvgIpc) is 2.84. The predicted octanol–water partition coefficient (Wildman–Crippen LogP) is 4.99. The van der Waals surface area contributed by atoms with Gasteiger partial charge in [0.05, 0.1) is 13.7 Å². The molecular weight excluding hydrogens is 440 g/mol. The van der Waals surface area contributed by atoms with Crippen molar-refractivity contribution >= 4 is 23.4 Å². The summed E-state index contributed by atoms with van der Waals surface area (Å²) >= 11 is 6.41. The van der Waals surface area contributed by atoms with Gasteiger partial charge < -0.3 is 19.3 Å². The summed E-state index contributed by atoms with van der Waals surface area (Å²) in [6.07, 6.45) is 5.26. The number of hydrogen-bond donors (Lipinski definition) is 0. The highest BCUT2D eigenvalue weighted by molar-refractivity contribution is 6.31. The molecule has 0 spiro atoms. The highest BCUT2D eigenvalue weighted by Gasteiger charge is 2.43. The van der Waals surface area contributed by atoms with Crippen LogP contribution >= 0.6 is 11.6 Å². The third-order valence-electron chi connectivity index (χ3n) is 6.57. The zero-order chi connectivity index (χ0) is 23.4. The summed E-state index contributed by atoms with van der Waals surface area (Å²) in [6.45, 7) is 2.79. The summed E-state index contributed by atoms with van der Waals surface area (Å²) in [6, 6.07) is 12.3. The Morgan fingerprint density at radius 1 is 1.03 bits per heavy atom. The second-order valence-electron chi connectivity index (χ2n) is 8.62. The van der Waals surface area contributed by atoms with Crippen LogP contribution in [0.2, 0.25) is 5.02 Å². The summed E-state index contributed by atoms with van der Waals surface area (Å²) in [7, 11) is 1.57. The lowest BCUT2D eigenvalue weighted by Crippen LogP contribution is -2.58.